The van der Waals surface area contributed by atoms with E-state index in [1.165, 1.54) is 32.8 Å². The summed E-state index contributed by atoms with van der Waals surface area (Å²) in [5.41, 5.74) is 6.45. The van der Waals surface area contributed by atoms with Crippen molar-refractivity contribution in [1.29, 1.82) is 0 Å². The molecule has 1 aliphatic heterocycles. The Morgan fingerprint density at radius 1 is 1.22 bits per heavy atom. The number of fused-ring (bicyclic) bond motifs is 1. The molecule has 1 saturated heterocycles. The van der Waals surface area contributed by atoms with E-state index in [1.807, 2.05) is 11.8 Å². The maximum Gasteiger partial charge on any atom is 0.270 e. The molecule has 13 heteroatoms. The van der Waals surface area contributed by atoms with Crippen LogP contribution in [-0.2, 0) is 28.1 Å². The topological polar surface area (TPSA) is 151 Å². The number of rotatable bonds is 15. The van der Waals surface area contributed by atoms with E-state index in [9.17, 15) is 18.4 Å². The van der Waals surface area contributed by atoms with E-state index in [2.05, 4.69) is 23.2 Å². The normalized spacial score (nSPS) is 20.3. The minimum atomic E-state index is -0.811. The van der Waals surface area contributed by atoms with Crippen molar-refractivity contribution in [3.8, 4) is 5.75 Å². The van der Waals surface area contributed by atoms with Crippen molar-refractivity contribution in [3.63, 3.8) is 0 Å². The third-order valence-corrected chi connectivity index (χ3v) is 8.91. The van der Waals surface area contributed by atoms with E-state index in [-0.39, 0.29) is 37.8 Å². The molecule has 2 heterocycles. The number of ether oxygens (including phenoxy) is 2. The number of halogens is 2. The Morgan fingerprint density at radius 2 is 1.93 bits per heavy atom. The molecule has 1 saturated carbocycles. The molecular formula is C32H53F2N4O6V-. The van der Waals surface area contributed by atoms with E-state index in [0.717, 1.165) is 38.1 Å². The van der Waals surface area contributed by atoms with Gasteiger partial charge in [0, 0.05) is 38.0 Å². The van der Waals surface area contributed by atoms with Crippen molar-refractivity contribution < 1.29 is 53.5 Å². The summed E-state index contributed by atoms with van der Waals surface area (Å²) in [5.74, 6) is 0.398. The van der Waals surface area contributed by atoms with E-state index >= 15 is 0 Å². The first-order valence-corrected chi connectivity index (χ1v) is 15.7. The van der Waals surface area contributed by atoms with Crippen molar-refractivity contribution in [2.24, 2.45) is 23.5 Å². The fourth-order valence-electron chi connectivity index (χ4n) is 6.03. The standard InChI is InChI=1S/C21H28F2N2O2.C11H21N2O2.H2O2.V.H2/c1-27-16-9-10-18-19(11-16)25-21(26)20(24-18)17(13-23)15(12-22)8-4-7-14-5-2-3-6-14;1-3-10(12)7-15-8-13-5-4-9(2)11(13)6-14;1-2;;/h9-11,14-15,17H,2-8,12-13H2,1H3,(H,25,26);9-11H,3-5,7-8,12H2,1-2H3;1-2H;;1H/q;-1;;;/t;9-,10+,11-;;;/m.1.../s1. The summed E-state index contributed by atoms with van der Waals surface area (Å²) in [6, 6.07) is 5.13. The number of hydrogen-bond acceptors (Lipinski definition) is 9. The zero-order valence-corrected chi connectivity index (χ0v) is 28.2. The number of benzene rings is 1. The first-order chi connectivity index (χ1) is 21.3. The van der Waals surface area contributed by atoms with Crippen molar-refractivity contribution in [3.05, 3.63) is 34.2 Å². The summed E-state index contributed by atoms with van der Waals surface area (Å²) in [4.78, 5) is 32.4. The van der Waals surface area contributed by atoms with E-state index in [0.29, 0.717) is 42.5 Å². The van der Waals surface area contributed by atoms with Crippen LogP contribution in [0.3, 0.4) is 0 Å². The molecule has 4 rings (SSSR count). The van der Waals surface area contributed by atoms with Gasteiger partial charge in [0.2, 0.25) is 0 Å². The molecule has 1 radical (unpaired) electrons. The summed E-state index contributed by atoms with van der Waals surface area (Å²) in [7, 11) is 1.54. The molecule has 2 aliphatic rings. The predicted octanol–water partition coefficient (Wildman–Crippen LogP) is 5.71. The van der Waals surface area contributed by atoms with Gasteiger partial charge in [-0.3, -0.25) is 24.1 Å². The van der Waals surface area contributed by atoms with Gasteiger partial charge in [0.15, 0.2) is 0 Å². The van der Waals surface area contributed by atoms with Crippen LogP contribution >= 0.6 is 0 Å². The number of aromatic amines is 1. The average Bonchev–Trinajstić information content (AvgIpc) is 3.70. The van der Waals surface area contributed by atoms with Crippen LogP contribution in [0, 0.1) is 17.8 Å². The van der Waals surface area contributed by atoms with Crippen LogP contribution in [0.25, 0.3) is 11.0 Å². The average molecular weight is 679 g/mol. The minimum absolute atomic E-state index is 0. The Morgan fingerprint density at radius 3 is 2.53 bits per heavy atom. The fourth-order valence-corrected chi connectivity index (χ4v) is 6.03. The van der Waals surface area contributed by atoms with Gasteiger partial charge in [-0.2, -0.15) is 0 Å². The Kier molecular flexibility index (Phi) is 20.6. The van der Waals surface area contributed by atoms with Gasteiger partial charge in [0.1, 0.15) is 11.4 Å². The Bertz CT molecular complexity index is 1160. The van der Waals surface area contributed by atoms with Gasteiger partial charge in [0.25, 0.3) is 5.56 Å². The zero-order valence-electron chi connectivity index (χ0n) is 26.8. The monoisotopic (exact) mass is 678 g/mol. The molecule has 5 atom stereocenters. The minimum Gasteiger partial charge on any atom is -0.540 e. The number of alkyl halides is 2. The van der Waals surface area contributed by atoms with Crippen LogP contribution in [-0.4, -0.2) is 84.1 Å². The molecule has 0 spiro atoms. The molecule has 257 valence electrons. The molecule has 2 unspecified atom stereocenters. The van der Waals surface area contributed by atoms with E-state index in [1.54, 1.807) is 18.2 Å². The van der Waals surface area contributed by atoms with E-state index < -0.39 is 30.7 Å². The number of nitrogens with one attached hydrogen (secondary N) is 1. The number of methoxy groups -OCH3 is 1. The largest absolute Gasteiger partial charge is 0.540 e. The quantitative estimate of drug-likeness (QED) is 0.106. The summed E-state index contributed by atoms with van der Waals surface area (Å²) >= 11 is 0. The van der Waals surface area contributed by atoms with Gasteiger partial charge in [-0.1, -0.05) is 64.3 Å². The maximum absolute atomic E-state index is 13.8. The fraction of sp³-hybridized carbons (Fsp3) is 0.719. The van der Waals surface area contributed by atoms with E-state index in [4.69, 9.17) is 25.7 Å². The smallest absolute Gasteiger partial charge is 0.270 e. The van der Waals surface area contributed by atoms with Gasteiger partial charge in [-0.05, 0) is 49.8 Å². The van der Waals surface area contributed by atoms with Crippen molar-refractivity contribution in [1.82, 2.24) is 14.9 Å². The third-order valence-electron chi connectivity index (χ3n) is 8.91. The molecule has 0 amide bonds. The summed E-state index contributed by atoms with van der Waals surface area (Å²) in [6.07, 6.45) is 11.6. The first-order valence-electron chi connectivity index (χ1n) is 15.7. The predicted molar refractivity (Wildman–Crippen MR) is 169 cm³/mol. The summed E-state index contributed by atoms with van der Waals surface area (Å²) in [5, 5.41) is 12.0. The first kappa shape index (κ1) is 41.1. The van der Waals surface area contributed by atoms with Gasteiger partial charge < -0.3 is 29.9 Å². The SMILES string of the molecule is CC[C@H](N)COCN1CC[C@@H](C)[C@H]1[C-]=O.COc1ccc2nc(C(CF)C(CF)CCCC3CCCC3)c(=O)[nH]c2c1.OO.[HH].[V]. The molecule has 10 nitrogen and oxygen atoms in total. The number of nitrogens with two attached hydrogens (primary N) is 1. The van der Waals surface area contributed by atoms with Gasteiger partial charge in [-0.25, -0.2) is 11.3 Å². The van der Waals surface area contributed by atoms with Crippen LogP contribution in [0.1, 0.15) is 84.7 Å². The second-order valence-electron chi connectivity index (χ2n) is 11.9. The van der Waals surface area contributed by atoms with Crippen LogP contribution < -0.4 is 16.0 Å². The number of H-pyrrole nitrogens is 1. The second-order valence-corrected chi connectivity index (χ2v) is 11.9. The molecule has 2 fully saturated rings. The summed E-state index contributed by atoms with van der Waals surface area (Å²) in [6.45, 7) is 4.67. The molecule has 1 aromatic heterocycles. The molecule has 2 aromatic rings. The van der Waals surface area contributed by atoms with Crippen LogP contribution in [0.2, 0.25) is 0 Å². The van der Waals surface area contributed by atoms with Crippen LogP contribution in [0.4, 0.5) is 8.78 Å². The zero-order chi connectivity index (χ0) is 32.5. The number of hydrogen-bond donors (Lipinski definition) is 4. The Labute approximate surface area is 278 Å². The molecule has 5 N–H and O–H groups in total. The second kappa shape index (κ2) is 22.6. The van der Waals surface area contributed by atoms with Crippen molar-refractivity contribution >= 4 is 17.3 Å². The van der Waals surface area contributed by atoms with Gasteiger partial charge in [0.05, 0.1) is 44.8 Å². The maximum atomic E-state index is 13.8. The molecule has 0 bridgehead atoms. The Balaban J connectivity index is 0.000000915. The van der Waals surface area contributed by atoms with Gasteiger partial charge in [-0.15, -0.1) is 0 Å². The molecular weight excluding hydrogens is 625 g/mol. The summed E-state index contributed by atoms with van der Waals surface area (Å²) < 4.78 is 38.1. The molecule has 1 aromatic carbocycles. The van der Waals surface area contributed by atoms with Gasteiger partial charge >= 0.3 is 0 Å². The van der Waals surface area contributed by atoms with Crippen LogP contribution in [0.5, 0.6) is 5.75 Å². The van der Waals surface area contributed by atoms with Crippen LogP contribution in [0.15, 0.2) is 23.0 Å². The molecule has 1 aliphatic carbocycles. The third kappa shape index (κ3) is 12.7. The van der Waals surface area contributed by atoms with Crippen molar-refractivity contribution in [2.75, 3.05) is 40.3 Å². The number of aromatic nitrogens is 2. The number of nitrogens with zero attached hydrogens (tertiary/aromatic N) is 2. The molecule has 45 heavy (non-hydrogen) atoms. The van der Waals surface area contributed by atoms with Crippen molar-refractivity contribution in [2.45, 2.75) is 89.6 Å². The number of carbonyl (C=O) groups excluding carboxylic acids is 1. The number of likely N-dealkylation sites (tertiary alicyclic amines) is 1. The Hall–Kier alpha value is -1.93.